The van der Waals surface area contributed by atoms with Crippen LogP contribution in [0.5, 0.6) is 0 Å². The van der Waals surface area contributed by atoms with Gasteiger partial charge >= 0.3 is 0 Å². The highest BCUT2D eigenvalue weighted by Gasteiger charge is 2.31. The maximum Gasteiger partial charge on any atom is 0.284 e. The maximum absolute atomic E-state index is 13.0. The number of furan rings is 1. The van der Waals surface area contributed by atoms with E-state index in [1.54, 1.807) is 54.6 Å². The van der Waals surface area contributed by atoms with Gasteiger partial charge in [0, 0.05) is 16.7 Å². The standard InChI is InChI=1S/C22H13N3O5S/c26-17(11-31-22-25-24-21(30-22)16-9-4-10-29-16)23-15-8-3-7-14-18(15)20(28)13-6-2-1-5-12(13)19(14)27/h1-10H,11H2,(H,23,26). The highest BCUT2D eigenvalue weighted by Crippen LogP contribution is 2.32. The summed E-state index contributed by atoms with van der Waals surface area (Å²) in [6, 6.07) is 14.9. The monoisotopic (exact) mass is 431 g/mol. The van der Waals surface area contributed by atoms with Crippen LogP contribution in [-0.2, 0) is 4.79 Å². The van der Waals surface area contributed by atoms with E-state index in [9.17, 15) is 14.4 Å². The lowest BCUT2D eigenvalue weighted by atomic mass is 9.83. The summed E-state index contributed by atoms with van der Waals surface area (Å²) in [6.45, 7) is 0. The number of nitrogens with zero attached hydrogens (tertiary/aromatic N) is 2. The maximum atomic E-state index is 13.0. The third-order valence-corrected chi connectivity index (χ3v) is 5.51. The van der Waals surface area contributed by atoms with Crippen LogP contribution in [0.2, 0.25) is 0 Å². The summed E-state index contributed by atoms with van der Waals surface area (Å²) in [6.07, 6.45) is 1.49. The molecule has 152 valence electrons. The minimum atomic E-state index is -0.379. The molecule has 5 rings (SSSR count). The average Bonchev–Trinajstić information content (AvgIpc) is 3.48. The van der Waals surface area contributed by atoms with E-state index in [2.05, 4.69) is 15.5 Å². The van der Waals surface area contributed by atoms with E-state index in [0.29, 0.717) is 16.9 Å². The quantitative estimate of drug-likeness (QED) is 0.418. The summed E-state index contributed by atoms with van der Waals surface area (Å²) in [4.78, 5) is 38.3. The Bertz CT molecular complexity index is 1330. The van der Waals surface area contributed by atoms with Gasteiger partial charge in [0.2, 0.25) is 5.91 Å². The fourth-order valence-corrected chi connectivity index (χ4v) is 3.89. The smallest absolute Gasteiger partial charge is 0.284 e. The van der Waals surface area contributed by atoms with Gasteiger partial charge in [0.05, 0.1) is 23.3 Å². The number of aromatic nitrogens is 2. The summed E-state index contributed by atoms with van der Waals surface area (Å²) in [7, 11) is 0. The molecule has 0 fully saturated rings. The molecular formula is C22H13N3O5S. The van der Waals surface area contributed by atoms with E-state index in [4.69, 9.17) is 8.83 Å². The highest BCUT2D eigenvalue weighted by molar-refractivity contribution is 7.99. The van der Waals surface area contributed by atoms with Crippen LogP contribution >= 0.6 is 11.8 Å². The second-order valence-electron chi connectivity index (χ2n) is 6.62. The third-order valence-electron chi connectivity index (χ3n) is 4.69. The Hall–Kier alpha value is -3.98. The van der Waals surface area contributed by atoms with E-state index < -0.39 is 0 Å². The van der Waals surface area contributed by atoms with Gasteiger partial charge in [0.15, 0.2) is 17.3 Å². The number of hydrogen-bond acceptors (Lipinski definition) is 8. The van der Waals surface area contributed by atoms with Gasteiger partial charge in [-0.25, -0.2) is 0 Å². The first kappa shape index (κ1) is 19.0. The highest BCUT2D eigenvalue weighted by atomic mass is 32.2. The Morgan fingerprint density at radius 2 is 1.68 bits per heavy atom. The Balaban J connectivity index is 1.33. The molecule has 0 saturated carbocycles. The fraction of sp³-hybridized carbons (Fsp3) is 0.0455. The largest absolute Gasteiger partial charge is 0.459 e. The molecule has 1 aliphatic rings. The topological polar surface area (TPSA) is 115 Å². The van der Waals surface area contributed by atoms with Crippen LogP contribution in [0, 0.1) is 0 Å². The summed E-state index contributed by atoms with van der Waals surface area (Å²) in [5.74, 6) is -0.297. The van der Waals surface area contributed by atoms with Crippen molar-refractivity contribution in [1.29, 1.82) is 0 Å². The van der Waals surface area contributed by atoms with Crippen LogP contribution in [0.4, 0.5) is 5.69 Å². The zero-order chi connectivity index (χ0) is 21.4. The third kappa shape index (κ3) is 3.44. The van der Waals surface area contributed by atoms with Crippen LogP contribution < -0.4 is 5.32 Å². The zero-order valence-electron chi connectivity index (χ0n) is 15.8. The van der Waals surface area contributed by atoms with Gasteiger partial charge in [0.25, 0.3) is 11.1 Å². The molecule has 4 aromatic rings. The van der Waals surface area contributed by atoms with Crippen molar-refractivity contribution < 1.29 is 23.2 Å². The Labute approximate surface area is 179 Å². The van der Waals surface area contributed by atoms with Crippen LogP contribution in [0.3, 0.4) is 0 Å². The molecule has 0 atom stereocenters. The van der Waals surface area contributed by atoms with Crippen LogP contribution in [-0.4, -0.2) is 33.4 Å². The molecule has 2 heterocycles. The zero-order valence-corrected chi connectivity index (χ0v) is 16.6. The van der Waals surface area contributed by atoms with Gasteiger partial charge in [-0.05, 0) is 18.2 Å². The van der Waals surface area contributed by atoms with E-state index in [1.807, 2.05) is 0 Å². The van der Waals surface area contributed by atoms with Crippen LogP contribution in [0.1, 0.15) is 31.8 Å². The number of anilines is 1. The number of carbonyl (C=O) groups excluding carboxylic acids is 3. The first-order valence-corrected chi connectivity index (χ1v) is 10.2. The van der Waals surface area contributed by atoms with Gasteiger partial charge < -0.3 is 14.2 Å². The van der Waals surface area contributed by atoms with Gasteiger partial charge in [0.1, 0.15) is 0 Å². The van der Waals surface area contributed by atoms with Crippen molar-refractivity contribution in [3.63, 3.8) is 0 Å². The van der Waals surface area contributed by atoms with Crippen LogP contribution in [0.25, 0.3) is 11.7 Å². The number of rotatable bonds is 5. The lowest BCUT2D eigenvalue weighted by molar-refractivity contribution is -0.113. The van der Waals surface area contributed by atoms with Crippen molar-refractivity contribution in [2.45, 2.75) is 5.22 Å². The Kier molecular flexibility index (Phi) is 4.72. The number of thioether (sulfide) groups is 1. The van der Waals surface area contributed by atoms with Crippen molar-refractivity contribution in [3.8, 4) is 11.7 Å². The number of nitrogens with one attached hydrogen (secondary N) is 1. The molecular weight excluding hydrogens is 418 g/mol. The van der Waals surface area contributed by atoms with Gasteiger partial charge in [-0.2, -0.15) is 0 Å². The van der Waals surface area contributed by atoms with E-state index in [0.717, 1.165) is 11.8 Å². The first-order valence-electron chi connectivity index (χ1n) is 9.23. The SMILES string of the molecule is O=C(CSc1nnc(-c2ccco2)o1)Nc1cccc2c1C(=O)c1ccccc1C2=O. The lowest BCUT2D eigenvalue weighted by Gasteiger charge is -2.20. The van der Waals surface area contributed by atoms with Crippen LogP contribution in [0.15, 0.2) is 74.9 Å². The number of hydrogen-bond donors (Lipinski definition) is 1. The predicted octanol–water partition coefficient (Wildman–Crippen LogP) is 3.84. The summed E-state index contributed by atoms with van der Waals surface area (Å²) < 4.78 is 10.6. The molecule has 0 radical (unpaired) electrons. The number of fused-ring (bicyclic) bond motifs is 2. The van der Waals surface area contributed by atoms with Crippen molar-refractivity contribution in [3.05, 3.63) is 83.1 Å². The molecule has 1 amide bonds. The molecule has 8 nitrogen and oxygen atoms in total. The molecule has 0 saturated heterocycles. The van der Waals surface area contributed by atoms with E-state index in [1.165, 1.54) is 6.26 Å². The number of amides is 1. The average molecular weight is 431 g/mol. The number of ketones is 2. The predicted molar refractivity (Wildman–Crippen MR) is 111 cm³/mol. The molecule has 31 heavy (non-hydrogen) atoms. The van der Waals surface area contributed by atoms with Crippen molar-refractivity contribution in [2.24, 2.45) is 0 Å². The van der Waals surface area contributed by atoms with Gasteiger partial charge in [-0.3, -0.25) is 14.4 Å². The molecule has 0 spiro atoms. The van der Waals surface area contributed by atoms with Crippen molar-refractivity contribution in [2.75, 3.05) is 11.1 Å². The molecule has 9 heteroatoms. The summed E-state index contributed by atoms with van der Waals surface area (Å²) in [5, 5.41) is 10.7. The first-order chi connectivity index (χ1) is 15.1. The minimum absolute atomic E-state index is 0.0256. The Morgan fingerprint density at radius 1 is 0.903 bits per heavy atom. The molecule has 0 bridgehead atoms. The minimum Gasteiger partial charge on any atom is -0.459 e. The van der Waals surface area contributed by atoms with Gasteiger partial charge in [-0.15, -0.1) is 10.2 Å². The van der Waals surface area contributed by atoms with Gasteiger partial charge in [-0.1, -0.05) is 48.2 Å². The van der Waals surface area contributed by atoms with Crippen molar-refractivity contribution in [1.82, 2.24) is 10.2 Å². The summed E-state index contributed by atoms with van der Waals surface area (Å²) >= 11 is 1.05. The number of benzene rings is 2. The normalized spacial score (nSPS) is 12.4. The van der Waals surface area contributed by atoms with Crippen molar-refractivity contribution >= 4 is 34.9 Å². The fourth-order valence-electron chi connectivity index (χ4n) is 3.33. The summed E-state index contributed by atoms with van der Waals surface area (Å²) in [5.41, 5.74) is 1.45. The second kappa shape index (κ2) is 7.69. The molecule has 2 aromatic heterocycles. The van der Waals surface area contributed by atoms with E-state index >= 15 is 0 Å². The molecule has 0 aliphatic heterocycles. The number of carbonyl (C=O) groups is 3. The Morgan fingerprint density at radius 3 is 2.45 bits per heavy atom. The molecule has 0 unspecified atom stereocenters. The molecule has 1 aliphatic carbocycles. The second-order valence-corrected chi connectivity index (χ2v) is 7.55. The van der Waals surface area contributed by atoms with E-state index in [-0.39, 0.29) is 51.2 Å². The molecule has 1 N–H and O–H groups in total. The lowest BCUT2D eigenvalue weighted by Crippen LogP contribution is -2.24. The molecule has 2 aromatic carbocycles.